The number of piperazine rings is 1. The molecule has 2 rings (SSSR count). The smallest absolute Gasteiger partial charge is 0.238 e. The Morgan fingerprint density at radius 1 is 1.61 bits per heavy atom. The molecular formula is C13H18IN3O. The summed E-state index contributed by atoms with van der Waals surface area (Å²) in [6, 6.07) is 8.31. The third-order valence-corrected chi connectivity index (χ3v) is 3.60. The van der Waals surface area contributed by atoms with Crippen LogP contribution in [-0.4, -0.2) is 43.0 Å². The van der Waals surface area contributed by atoms with Crippen LogP contribution in [-0.2, 0) is 4.79 Å². The van der Waals surface area contributed by atoms with Gasteiger partial charge in [-0.1, -0.05) is 6.07 Å². The van der Waals surface area contributed by atoms with E-state index in [1.54, 1.807) is 0 Å². The highest BCUT2D eigenvalue weighted by Gasteiger charge is 2.17. The third-order valence-electron chi connectivity index (χ3n) is 2.93. The topological polar surface area (TPSA) is 44.4 Å². The Kier molecular flexibility index (Phi) is 4.96. The predicted molar refractivity (Wildman–Crippen MR) is 81.7 cm³/mol. The summed E-state index contributed by atoms with van der Waals surface area (Å²) in [5.74, 6) is 0.0612. The average Bonchev–Trinajstić information content (AvgIpc) is 2.28. The van der Waals surface area contributed by atoms with Crippen LogP contribution in [0, 0.1) is 3.57 Å². The molecule has 1 aromatic carbocycles. The van der Waals surface area contributed by atoms with E-state index in [1.165, 1.54) is 0 Å². The molecule has 0 unspecified atom stereocenters. The Balaban J connectivity index is 1.85. The molecule has 0 saturated carbocycles. The van der Waals surface area contributed by atoms with Crippen LogP contribution in [0.15, 0.2) is 24.3 Å². The molecule has 0 aromatic heterocycles. The van der Waals surface area contributed by atoms with Crippen LogP contribution in [0.5, 0.6) is 0 Å². The van der Waals surface area contributed by atoms with Gasteiger partial charge in [-0.3, -0.25) is 9.69 Å². The number of anilines is 1. The summed E-state index contributed by atoms with van der Waals surface area (Å²) in [4.78, 5) is 14.1. The molecule has 1 heterocycles. The minimum absolute atomic E-state index is 0.0612. The van der Waals surface area contributed by atoms with Crippen molar-refractivity contribution in [3.63, 3.8) is 0 Å². The fraction of sp³-hybridized carbons (Fsp3) is 0.462. The Hall–Kier alpha value is -0.660. The number of carbonyl (C=O) groups is 1. The average molecular weight is 359 g/mol. The molecule has 1 aliphatic heterocycles. The normalized spacial score (nSPS) is 20.7. The molecule has 18 heavy (non-hydrogen) atoms. The van der Waals surface area contributed by atoms with Gasteiger partial charge >= 0.3 is 0 Å². The first-order valence-electron chi connectivity index (χ1n) is 6.14. The van der Waals surface area contributed by atoms with Crippen molar-refractivity contribution in [1.82, 2.24) is 10.2 Å². The predicted octanol–water partition coefficient (Wildman–Crippen LogP) is 1.52. The summed E-state index contributed by atoms with van der Waals surface area (Å²) in [5, 5.41) is 6.31. The largest absolute Gasteiger partial charge is 0.325 e. The van der Waals surface area contributed by atoms with Crippen molar-refractivity contribution >= 4 is 34.2 Å². The molecule has 1 aromatic rings. The molecule has 1 amide bonds. The molecule has 1 fully saturated rings. The van der Waals surface area contributed by atoms with Gasteiger partial charge in [0, 0.05) is 34.9 Å². The van der Waals surface area contributed by atoms with Crippen molar-refractivity contribution in [3.8, 4) is 0 Å². The van der Waals surface area contributed by atoms with E-state index < -0.39 is 0 Å². The Labute approximate surface area is 121 Å². The minimum atomic E-state index is 0.0612. The summed E-state index contributed by atoms with van der Waals surface area (Å²) < 4.78 is 1.13. The van der Waals surface area contributed by atoms with E-state index >= 15 is 0 Å². The third kappa shape index (κ3) is 4.22. The number of hydrogen-bond donors (Lipinski definition) is 2. The van der Waals surface area contributed by atoms with Gasteiger partial charge in [0.1, 0.15) is 0 Å². The van der Waals surface area contributed by atoms with Gasteiger partial charge in [0.25, 0.3) is 0 Å². The molecule has 1 atom stereocenters. The van der Waals surface area contributed by atoms with E-state index in [1.807, 2.05) is 24.3 Å². The zero-order valence-corrected chi connectivity index (χ0v) is 12.6. The van der Waals surface area contributed by atoms with Crippen LogP contribution in [0.2, 0.25) is 0 Å². The molecule has 1 aliphatic rings. The van der Waals surface area contributed by atoms with Gasteiger partial charge < -0.3 is 10.6 Å². The van der Waals surface area contributed by atoms with Gasteiger partial charge in [0.2, 0.25) is 5.91 Å². The van der Waals surface area contributed by atoms with Crippen molar-refractivity contribution in [1.29, 1.82) is 0 Å². The molecule has 0 aliphatic carbocycles. The molecule has 1 saturated heterocycles. The van der Waals surface area contributed by atoms with Gasteiger partial charge in [-0.25, -0.2) is 0 Å². The zero-order chi connectivity index (χ0) is 13.0. The van der Waals surface area contributed by atoms with Crippen LogP contribution >= 0.6 is 22.6 Å². The summed E-state index contributed by atoms with van der Waals surface area (Å²) in [5.41, 5.74) is 0.870. The number of carbonyl (C=O) groups excluding carboxylic acids is 1. The maximum absolute atomic E-state index is 11.9. The van der Waals surface area contributed by atoms with Crippen LogP contribution in [0.1, 0.15) is 6.92 Å². The number of halogens is 1. The lowest BCUT2D eigenvalue weighted by Gasteiger charge is -2.31. The van der Waals surface area contributed by atoms with Crippen LogP contribution in [0.25, 0.3) is 0 Å². The van der Waals surface area contributed by atoms with Gasteiger partial charge in [-0.15, -0.1) is 0 Å². The maximum atomic E-state index is 11.9. The van der Waals surface area contributed by atoms with E-state index in [0.29, 0.717) is 12.6 Å². The Bertz CT molecular complexity index is 424. The highest BCUT2D eigenvalue weighted by atomic mass is 127. The maximum Gasteiger partial charge on any atom is 0.238 e. The van der Waals surface area contributed by atoms with Crippen LogP contribution < -0.4 is 10.6 Å². The van der Waals surface area contributed by atoms with Crippen LogP contribution in [0.4, 0.5) is 5.69 Å². The standard InChI is InChI=1S/C13H18IN3O/c1-10-8-17(6-5-15-10)9-13(18)16-12-4-2-3-11(14)7-12/h2-4,7,10,15H,5-6,8-9H2,1H3,(H,16,18)/t10-/m0/s1. The second kappa shape index (κ2) is 6.49. The Morgan fingerprint density at radius 2 is 2.44 bits per heavy atom. The highest BCUT2D eigenvalue weighted by molar-refractivity contribution is 14.1. The number of nitrogens with zero attached hydrogens (tertiary/aromatic N) is 1. The van der Waals surface area contributed by atoms with Crippen molar-refractivity contribution in [3.05, 3.63) is 27.8 Å². The van der Waals surface area contributed by atoms with Crippen molar-refractivity contribution < 1.29 is 4.79 Å². The number of amides is 1. The number of hydrogen-bond acceptors (Lipinski definition) is 3. The molecule has 2 N–H and O–H groups in total. The number of benzene rings is 1. The lowest BCUT2D eigenvalue weighted by atomic mass is 10.2. The molecule has 98 valence electrons. The summed E-state index contributed by atoms with van der Waals surface area (Å²) in [7, 11) is 0. The van der Waals surface area contributed by atoms with E-state index in [-0.39, 0.29) is 5.91 Å². The summed E-state index contributed by atoms with van der Waals surface area (Å²) in [6.07, 6.45) is 0. The first-order valence-corrected chi connectivity index (χ1v) is 7.22. The molecule has 0 bridgehead atoms. The van der Waals surface area contributed by atoms with Crippen molar-refractivity contribution in [2.24, 2.45) is 0 Å². The van der Waals surface area contributed by atoms with Gasteiger partial charge in [-0.05, 0) is 47.7 Å². The number of nitrogens with one attached hydrogen (secondary N) is 2. The van der Waals surface area contributed by atoms with Gasteiger partial charge in [0.05, 0.1) is 6.54 Å². The Morgan fingerprint density at radius 3 is 3.17 bits per heavy atom. The molecule has 0 radical (unpaired) electrons. The van der Waals surface area contributed by atoms with E-state index in [9.17, 15) is 4.79 Å². The lowest BCUT2D eigenvalue weighted by Crippen LogP contribution is -2.51. The minimum Gasteiger partial charge on any atom is -0.325 e. The fourth-order valence-electron chi connectivity index (χ4n) is 2.13. The zero-order valence-electron chi connectivity index (χ0n) is 10.4. The van der Waals surface area contributed by atoms with Gasteiger partial charge in [-0.2, -0.15) is 0 Å². The van der Waals surface area contributed by atoms with Crippen molar-refractivity contribution in [2.75, 3.05) is 31.5 Å². The van der Waals surface area contributed by atoms with Crippen LogP contribution in [0.3, 0.4) is 0 Å². The second-order valence-electron chi connectivity index (χ2n) is 4.65. The first kappa shape index (κ1) is 13.8. The van der Waals surface area contributed by atoms with E-state index in [4.69, 9.17) is 0 Å². The second-order valence-corrected chi connectivity index (χ2v) is 5.89. The highest BCUT2D eigenvalue weighted by Crippen LogP contribution is 2.12. The van der Waals surface area contributed by atoms with E-state index in [0.717, 1.165) is 28.9 Å². The first-order chi connectivity index (χ1) is 8.63. The number of rotatable bonds is 3. The summed E-state index contributed by atoms with van der Waals surface area (Å²) >= 11 is 2.24. The SMILES string of the molecule is C[C@H]1CN(CC(=O)Nc2cccc(I)c2)CCN1. The molecule has 5 heteroatoms. The lowest BCUT2D eigenvalue weighted by molar-refractivity contribution is -0.117. The monoisotopic (exact) mass is 359 g/mol. The fourth-order valence-corrected chi connectivity index (χ4v) is 2.67. The van der Waals surface area contributed by atoms with Crippen molar-refractivity contribution in [2.45, 2.75) is 13.0 Å². The van der Waals surface area contributed by atoms with E-state index in [2.05, 4.69) is 45.0 Å². The summed E-state index contributed by atoms with van der Waals surface area (Å²) in [6.45, 7) is 5.43. The molecule has 0 spiro atoms. The van der Waals surface area contributed by atoms with Gasteiger partial charge in [0.15, 0.2) is 0 Å². The quantitative estimate of drug-likeness (QED) is 0.805. The molecule has 4 nitrogen and oxygen atoms in total. The molecular weight excluding hydrogens is 341 g/mol.